The van der Waals surface area contributed by atoms with Gasteiger partial charge in [-0.2, -0.15) is 0 Å². The predicted octanol–water partition coefficient (Wildman–Crippen LogP) is 4.97. The van der Waals surface area contributed by atoms with E-state index < -0.39 is 0 Å². The summed E-state index contributed by atoms with van der Waals surface area (Å²) in [5, 5.41) is -0.0958. The van der Waals surface area contributed by atoms with Crippen LogP contribution in [-0.2, 0) is 18.0 Å². The Morgan fingerprint density at radius 3 is 2.30 bits per heavy atom. The van der Waals surface area contributed by atoms with Crippen molar-refractivity contribution >= 4 is 11.6 Å². The zero-order valence-corrected chi connectivity index (χ0v) is 12.9. The highest BCUT2D eigenvalue weighted by molar-refractivity contribution is 6.22. The maximum Gasteiger partial charge on any atom is 0.0840 e. The molecule has 2 aromatic carbocycles. The van der Waals surface area contributed by atoms with Gasteiger partial charge in [-0.3, -0.25) is 0 Å². The second-order valence-electron chi connectivity index (χ2n) is 5.70. The highest BCUT2D eigenvalue weighted by Gasteiger charge is 2.19. The predicted molar refractivity (Wildman–Crippen MR) is 83.3 cm³/mol. The van der Waals surface area contributed by atoms with E-state index in [1.165, 1.54) is 33.4 Å². The molecule has 2 aromatic rings. The third-order valence-corrected chi connectivity index (χ3v) is 4.50. The van der Waals surface area contributed by atoms with Gasteiger partial charge in [-0.05, 0) is 54.2 Å². The summed E-state index contributed by atoms with van der Waals surface area (Å²) >= 11 is 6.76. The van der Waals surface area contributed by atoms with E-state index in [-0.39, 0.29) is 5.38 Å². The van der Waals surface area contributed by atoms with Crippen LogP contribution in [0, 0.1) is 20.8 Å². The average molecular weight is 287 g/mol. The third kappa shape index (κ3) is 2.36. The number of aryl methyl sites for hydroxylation is 3. The molecule has 0 aliphatic carbocycles. The van der Waals surface area contributed by atoms with Crippen LogP contribution in [0.5, 0.6) is 0 Å². The molecular formula is C18H19ClO. The zero-order valence-electron chi connectivity index (χ0n) is 12.2. The van der Waals surface area contributed by atoms with Gasteiger partial charge >= 0.3 is 0 Å². The van der Waals surface area contributed by atoms with Crippen molar-refractivity contribution in [2.24, 2.45) is 0 Å². The minimum absolute atomic E-state index is 0.0958. The van der Waals surface area contributed by atoms with Gasteiger partial charge in [0, 0.05) is 0 Å². The quantitative estimate of drug-likeness (QED) is 0.708. The maximum absolute atomic E-state index is 6.76. The molecule has 0 fully saturated rings. The van der Waals surface area contributed by atoms with Crippen molar-refractivity contribution in [3.8, 4) is 0 Å². The van der Waals surface area contributed by atoms with Crippen molar-refractivity contribution in [1.82, 2.24) is 0 Å². The Hall–Kier alpha value is -1.31. The van der Waals surface area contributed by atoms with Crippen LogP contribution in [0.3, 0.4) is 0 Å². The van der Waals surface area contributed by atoms with Crippen LogP contribution in [0.15, 0.2) is 30.3 Å². The lowest BCUT2D eigenvalue weighted by molar-refractivity contribution is 0.134. The summed E-state index contributed by atoms with van der Waals surface area (Å²) in [7, 11) is 0. The van der Waals surface area contributed by atoms with E-state index in [0.29, 0.717) is 6.61 Å². The van der Waals surface area contributed by atoms with Crippen molar-refractivity contribution in [3.05, 3.63) is 69.3 Å². The Morgan fingerprint density at radius 1 is 0.950 bits per heavy atom. The smallest absolute Gasteiger partial charge is 0.0840 e. The lowest BCUT2D eigenvalue weighted by Gasteiger charge is -2.18. The molecule has 0 saturated heterocycles. The van der Waals surface area contributed by atoms with Crippen molar-refractivity contribution < 1.29 is 4.74 Å². The fourth-order valence-corrected chi connectivity index (χ4v) is 3.59. The molecule has 1 nitrogen and oxygen atoms in total. The van der Waals surface area contributed by atoms with Gasteiger partial charge in [0.05, 0.1) is 18.6 Å². The summed E-state index contributed by atoms with van der Waals surface area (Å²) in [6, 6.07) is 10.9. The lowest BCUT2D eigenvalue weighted by atomic mass is 9.92. The molecule has 1 aliphatic rings. The molecule has 0 amide bonds. The highest BCUT2D eigenvalue weighted by Crippen LogP contribution is 2.35. The first kappa shape index (κ1) is 13.7. The fraction of sp³-hybridized carbons (Fsp3) is 0.333. The van der Waals surface area contributed by atoms with Crippen molar-refractivity contribution in [2.45, 2.75) is 39.4 Å². The van der Waals surface area contributed by atoms with Gasteiger partial charge in [0.1, 0.15) is 0 Å². The van der Waals surface area contributed by atoms with Crippen LogP contribution >= 0.6 is 11.6 Å². The van der Waals surface area contributed by atoms with Crippen molar-refractivity contribution in [2.75, 3.05) is 0 Å². The topological polar surface area (TPSA) is 9.23 Å². The van der Waals surface area contributed by atoms with Gasteiger partial charge in [-0.15, -0.1) is 11.6 Å². The van der Waals surface area contributed by atoms with Crippen LogP contribution in [0.4, 0.5) is 0 Å². The standard InChI is InChI=1S/C18H19ClO/c1-11-6-12(2)17(13(3)7-11)18(19)14-4-5-15-9-20-10-16(15)8-14/h4-8,18H,9-10H2,1-3H3. The number of fused-ring (bicyclic) bond motifs is 1. The van der Waals surface area contributed by atoms with E-state index in [0.717, 1.165) is 12.2 Å². The summed E-state index contributed by atoms with van der Waals surface area (Å²) in [6.45, 7) is 7.84. The average Bonchev–Trinajstić information content (AvgIpc) is 2.84. The maximum atomic E-state index is 6.76. The number of alkyl halides is 1. The Kier molecular flexibility index (Phi) is 3.57. The number of hydrogen-bond donors (Lipinski definition) is 0. The molecule has 104 valence electrons. The summed E-state index contributed by atoms with van der Waals surface area (Å²) < 4.78 is 5.48. The Morgan fingerprint density at radius 2 is 1.60 bits per heavy atom. The molecule has 1 heterocycles. The molecule has 2 heteroatoms. The van der Waals surface area contributed by atoms with Crippen molar-refractivity contribution in [1.29, 1.82) is 0 Å². The third-order valence-electron chi connectivity index (χ3n) is 4.03. The molecule has 1 atom stereocenters. The summed E-state index contributed by atoms with van der Waals surface area (Å²) in [5.74, 6) is 0. The first-order chi connectivity index (χ1) is 9.56. The SMILES string of the molecule is Cc1cc(C)c(C(Cl)c2ccc3c(c2)COC3)c(C)c1. The molecule has 0 bridgehead atoms. The van der Waals surface area contributed by atoms with E-state index in [1.807, 2.05) is 0 Å². The molecule has 0 radical (unpaired) electrons. The first-order valence-electron chi connectivity index (χ1n) is 6.97. The van der Waals surface area contributed by atoms with Gasteiger partial charge in [0.2, 0.25) is 0 Å². The van der Waals surface area contributed by atoms with Crippen LogP contribution in [-0.4, -0.2) is 0 Å². The van der Waals surface area contributed by atoms with E-state index >= 15 is 0 Å². The van der Waals surface area contributed by atoms with E-state index in [1.54, 1.807) is 0 Å². The van der Waals surface area contributed by atoms with Gasteiger partial charge in [-0.25, -0.2) is 0 Å². The summed E-state index contributed by atoms with van der Waals surface area (Å²) in [4.78, 5) is 0. The van der Waals surface area contributed by atoms with Gasteiger partial charge in [0.25, 0.3) is 0 Å². The van der Waals surface area contributed by atoms with Crippen LogP contribution in [0.2, 0.25) is 0 Å². The van der Waals surface area contributed by atoms with E-state index in [9.17, 15) is 0 Å². The normalized spacial score (nSPS) is 15.2. The molecule has 1 aliphatic heterocycles. The minimum atomic E-state index is -0.0958. The zero-order chi connectivity index (χ0) is 14.3. The monoisotopic (exact) mass is 286 g/mol. The number of benzene rings is 2. The van der Waals surface area contributed by atoms with Gasteiger partial charge in [0.15, 0.2) is 0 Å². The molecule has 0 spiro atoms. The molecule has 0 saturated carbocycles. The molecule has 0 N–H and O–H groups in total. The van der Waals surface area contributed by atoms with Crippen LogP contribution < -0.4 is 0 Å². The number of rotatable bonds is 2. The minimum Gasteiger partial charge on any atom is -0.372 e. The lowest BCUT2D eigenvalue weighted by Crippen LogP contribution is -2.01. The Balaban J connectivity index is 2.03. The number of halogens is 1. The summed E-state index contributed by atoms with van der Waals surface area (Å²) in [6.07, 6.45) is 0. The first-order valence-corrected chi connectivity index (χ1v) is 7.41. The molecule has 0 aromatic heterocycles. The fourth-order valence-electron chi connectivity index (χ4n) is 3.11. The number of ether oxygens (including phenoxy) is 1. The Bertz CT molecular complexity index is 637. The summed E-state index contributed by atoms with van der Waals surface area (Å²) in [5.41, 5.74) is 8.76. The molecule has 1 unspecified atom stereocenters. The molecule has 20 heavy (non-hydrogen) atoms. The van der Waals surface area contributed by atoms with E-state index in [4.69, 9.17) is 16.3 Å². The number of hydrogen-bond acceptors (Lipinski definition) is 1. The molecular weight excluding hydrogens is 268 g/mol. The van der Waals surface area contributed by atoms with E-state index in [2.05, 4.69) is 51.1 Å². The van der Waals surface area contributed by atoms with Gasteiger partial charge in [-0.1, -0.05) is 35.9 Å². The van der Waals surface area contributed by atoms with Crippen LogP contribution in [0.1, 0.15) is 44.3 Å². The van der Waals surface area contributed by atoms with Gasteiger partial charge < -0.3 is 4.74 Å². The largest absolute Gasteiger partial charge is 0.372 e. The second kappa shape index (κ2) is 5.23. The molecule has 3 rings (SSSR count). The van der Waals surface area contributed by atoms with Crippen molar-refractivity contribution in [3.63, 3.8) is 0 Å². The van der Waals surface area contributed by atoms with Crippen LogP contribution in [0.25, 0.3) is 0 Å². The highest BCUT2D eigenvalue weighted by atomic mass is 35.5. The Labute approximate surface area is 125 Å². The second-order valence-corrected chi connectivity index (χ2v) is 6.13.